The molecule has 1 unspecified atom stereocenters. The minimum Gasteiger partial charge on any atom is -0.374 e. The van der Waals surface area contributed by atoms with E-state index >= 15 is 0 Å². The van der Waals surface area contributed by atoms with Crippen LogP contribution in [0.3, 0.4) is 0 Å². The van der Waals surface area contributed by atoms with Crippen molar-refractivity contribution in [2.45, 2.75) is 44.6 Å². The highest BCUT2D eigenvalue weighted by molar-refractivity contribution is 5.82. The van der Waals surface area contributed by atoms with Gasteiger partial charge in [-0.15, -0.1) is 0 Å². The average molecular weight is 221 g/mol. The van der Waals surface area contributed by atoms with Crippen molar-refractivity contribution >= 4 is 5.84 Å². The first-order valence-electron chi connectivity index (χ1n) is 6.93. The van der Waals surface area contributed by atoms with E-state index in [1.807, 2.05) is 0 Å². The lowest BCUT2D eigenvalue weighted by Crippen LogP contribution is -2.32. The normalized spacial score (nSPS) is 31.5. The van der Waals surface area contributed by atoms with Gasteiger partial charge in [0.1, 0.15) is 0 Å². The van der Waals surface area contributed by atoms with Crippen LogP contribution >= 0.6 is 0 Å². The summed E-state index contributed by atoms with van der Waals surface area (Å²) in [5.74, 6) is 2.14. The van der Waals surface area contributed by atoms with Gasteiger partial charge in [-0.3, -0.25) is 4.99 Å². The molecule has 0 aromatic carbocycles. The average Bonchev–Trinajstić information content (AvgIpc) is 3.08. The van der Waals surface area contributed by atoms with E-state index in [4.69, 9.17) is 0 Å². The molecule has 0 amide bonds. The van der Waals surface area contributed by atoms with E-state index in [0.717, 1.165) is 25.0 Å². The lowest BCUT2D eigenvalue weighted by Gasteiger charge is -2.18. The van der Waals surface area contributed by atoms with Crippen molar-refractivity contribution in [3.63, 3.8) is 0 Å². The van der Waals surface area contributed by atoms with Gasteiger partial charge in [0.2, 0.25) is 0 Å². The van der Waals surface area contributed by atoms with Crippen molar-refractivity contribution in [3.05, 3.63) is 0 Å². The van der Waals surface area contributed by atoms with E-state index in [1.54, 1.807) is 0 Å². The first-order valence-corrected chi connectivity index (χ1v) is 6.93. The Morgan fingerprint density at radius 3 is 2.94 bits per heavy atom. The fraction of sp³-hybridized carbons (Fsp3) is 0.923. The maximum absolute atomic E-state index is 4.55. The van der Waals surface area contributed by atoms with Crippen LogP contribution in [0.5, 0.6) is 0 Å². The molecule has 3 heteroatoms. The second-order valence-electron chi connectivity index (χ2n) is 5.55. The van der Waals surface area contributed by atoms with Gasteiger partial charge in [-0.2, -0.15) is 0 Å². The van der Waals surface area contributed by atoms with Crippen LogP contribution in [0.25, 0.3) is 0 Å². The summed E-state index contributed by atoms with van der Waals surface area (Å²) in [6.45, 7) is 4.86. The third kappa shape index (κ3) is 2.57. The number of nitrogens with zero attached hydrogens (tertiary/aromatic N) is 2. The largest absolute Gasteiger partial charge is 0.374 e. The highest BCUT2D eigenvalue weighted by Gasteiger charge is 2.34. The van der Waals surface area contributed by atoms with Crippen LogP contribution in [-0.4, -0.2) is 43.0 Å². The molecule has 0 aromatic heterocycles. The van der Waals surface area contributed by atoms with Crippen LogP contribution in [-0.2, 0) is 0 Å². The van der Waals surface area contributed by atoms with Crippen molar-refractivity contribution in [2.24, 2.45) is 10.9 Å². The summed E-state index contributed by atoms with van der Waals surface area (Å²) in [5, 5.41) is 3.57. The zero-order valence-corrected chi connectivity index (χ0v) is 10.1. The Kier molecular flexibility index (Phi) is 3.13. The quantitative estimate of drug-likeness (QED) is 0.784. The molecule has 2 heterocycles. The monoisotopic (exact) mass is 221 g/mol. The van der Waals surface area contributed by atoms with Gasteiger partial charge < -0.3 is 10.2 Å². The Bertz CT molecular complexity index is 270. The summed E-state index contributed by atoms with van der Waals surface area (Å²) in [4.78, 5) is 7.24. The van der Waals surface area contributed by atoms with E-state index in [9.17, 15) is 0 Å². The van der Waals surface area contributed by atoms with Gasteiger partial charge in [-0.05, 0) is 44.6 Å². The Morgan fingerprint density at radius 1 is 1.25 bits per heavy atom. The van der Waals surface area contributed by atoms with Gasteiger partial charge in [0.05, 0.1) is 5.84 Å². The van der Waals surface area contributed by atoms with E-state index in [2.05, 4.69) is 15.2 Å². The smallest absolute Gasteiger partial charge is 0.0963 e. The number of aliphatic imine (C=N–C) groups is 1. The standard InChI is InChI=1S/C13H23N3/c1-2-7-14-13(3-1)15-9-11-6-8-16(10-11)12-4-5-12/h11-12H,1-10H2,(H,14,15). The number of hydrogen-bond donors (Lipinski definition) is 1. The molecule has 1 saturated heterocycles. The summed E-state index contributed by atoms with van der Waals surface area (Å²) < 4.78 is 0. The maximum atomic E-state index is 4.55. The Morgan fingerprint density at radius 2 is 2.19 bits per heavy atom. The number of likely N-dealkylation sites (tertiary alicyclic amines) is 1. The van der Waals surface area contributed by atoms with Crippen molar-refractivity contribution < 1.29 is 0 Å². The SMILES string of the molecule is C1CCC(NCC2CCN(C3CC3)C2)=NC1. The maximum Gasteiger partial charge on any atom is 0.0963 e. The molecule has 0 spiro atoms. The third-order valence-electron chi connectivity index (χ3n) is 4.10. The van der Waals surface area contributed by atoms with Gasteiger partial charge in [0, 0.05) is 32.1 Å². The zero-order chi connectivity index (χ0) is 10.8. The highest BCUT2D eigenvalue weighted by Crippen LogP contribution is 2.31. The molecular formula is C13H23N3. The summed E-state index contributed by atoms with van der Waals surface area (Å²) in [5.41, 5.74) is 0. The lowest BCUT2D eigenvalue weighted by molar-refractivity contribution is 0.314. The zero-order valence-electron chi connectivity index (χ0n) is 10.1. The van der Waals surface area contributed by atoms with E-state index in [1.165, 1.54) is 57.5 Å². The van der Waals surface area contributed by atoms with Gasteiger partial charge in [-0.1, -0.05) is 0 Å². The van der Waals surface area contributed by atoms with Crippen molar-refractivity contribution in [1.82, 2.24) is 10.2 Å². The van der Waals surface area contributed by atoms with Gasteiger partial charge >= 0.3 is 0 Å². The highest BCUT2D eigenvalue weighted by atomic mass is 15.2. The first-order chi connectivity index (χ1) is 7.92. The van der Waals surface area contributed by atoms with E-state index in [0.29, 0.717) is 0 Å². The molecule has 1 aliphatic carbocycles. The molecule has 16 heavy (non-hydrogen) atoms. The molecule has 0 aromatic rings. The van der Waals surface area contributed by atoms with E-state index < -0.39 is 0 Å². The minimum absolute atomic E-state index is 0.866. The van der Waals surface area contributed by atoms with Crippen LogP contribution in [0, 0.1) is 5.92 Å². The molecule has 0 bridgehead atoms. The summed E-state index contributed by atoms with van der Waals surface area (Å²) in [6.07, 6.45) is 8.07. The number of amidine groups is 1. The molecule has 2 aliphatic heterocycles. The van der Waals surface area contributed by atoms with Crippen LogP contribution in [0.4, 0.5) is 0 Å². The molecule has 3 nitrogen and oxygen atoms in total. The third-order valence-corrected chi connectivity index (χ3v) is 4.10. The van der Waals surface area contributed by atoms with E-state index in [-0.39, 0.29) is 0 Å². The summed E-state index contributed by atoms with van der Waals surface area (Å²) >= 11 is 0. The molecular weight excluding hydrogens is 198 g/mol. The predicted molar refractivity (Wildman–Crippen MR) is 66.9 cm³/mol. The number of nitrogens with one attached hydrogen (secondary N) is 1. The van der Waals surface area contributed by atoms with Gasteiger partial charge in [0.25, 0.3) is 0 Å². The molecule has 0 radical (unpaired) electrons. The van der Waals surface area contributed by atoms with Crippen LogP contribution in [0.1, 0.15) is 38.5 Å². The van der Waals surface area contributed by atoms with Crippen LogP contribution in [0.2, 0.25) is 0 Å². The second kappa shape index (κ2) is 4.74. The molecule has 90 valence electrons. The summed E-state index contributed by atoms with van der Waals surface area (Å²) in [7, 11) is 0. The second-order valence-corrected chi connectivity index (χ2v) is 5.55. The fourth-order valence-corrected chi connectivity index (χ4v) is 2.90. The van der Waals surface area contributed by atoms with Crippen LogP contribution in [0.15, 0.2) is 4.99 Å². The molecule has 1 saturated carbocycles. The van der Waals surface area contributed by atoms with Crippen LogP contribution < -0.4 is 5.32 Å². The van der Waals surface area contributed by atoms with Gasteiger partial charge in [0.15, 0.2) is 0 Å². The van der Waals surface area contributed by atoms with Gasteiger partial charge in [-0.25, -0.2) is 0 Å². The number of rotatable bonds is 3. The minimum atomic E-state index is 0.866. The molecule has 3 aliphatic rings. The van der Waals surface area contributed by atoms with Crippen molar-refractivity contribution in [3.8, 4) is 0 Å². The Hall–Kier alpha value is -0.570. The lowest BCUT2D eigenvalue weighted by atomic mass is 10.1. The Labute approximate surface area is 98.3 Å². The van der Waals surface area contributed by atoms with Crippen molar-refractivity contribution in [2.75, 3.05) is 26.2 Å². The topological polar surface area (TPSA) is 27.6 Å². The fourth-order valence-electron chi connectivity index (χ4n) is 2.90. The molecule has 2 fully saturated rings. The number of hydrogen-bond acceptors (Lipinski definition) is 3. The first kappa shape index (κ1) is 10.6. The molecule has 1 N–H and O–H groups in total. The van der Waals surface area contributed by atoms with Crippen molar-refractivity contribution in [1.29, 1.82) is 0 Å². The summed E-state index contributed by atoms with van der Waals surface area (Å²) in [6, 6.07) is 0.956. The predicted octanol–water partition coefficient (Wildman–Crippen LogP) is 1.64. The molecule has 1 atom stereocenters. The Balaban J connectivity index is 1.40. The molecule has 3 rings (SSSR count).